The molecule has 0 radical (unpaired) electrons. The molecule has 0 aromatic carbocycles. The molecule has 0 aromatic heterocycles. The zero-order valence-electron chi connectivity index (χ0n) is 11.7. The molecule has 17 heavy (non-hydrogen) atoms. The summed E-state index contributed by atoms with van der Waals surface area (Å²) in [7, 11) is 0. The zero-order valence-corrected chi connectivity index (χ0v) is 11.7. The van der Waals surface area contributed by atoms with Crippen molar-refractivity contribution in [3.8, 4) is 0 Å². The largest absolute Gasteiger partial charge is 0.381 e. The van der Waals surface area contributed by atoms with Gasteiger partial charge in [0.25, 0.3) is 0 Å². The van der Waals surface area contributed by atoms with Crippen molar-refractivity contribution in [1.82, 2.24) is 5.32 Å². The van der Waals surface area contributed by atoms with Gasteiger partial charge in [-0.3, -0.25) is 0 Å². The van der Waals surface area contributed by atoms with Gasteiger partial charge in [0.1, 0.15) is 0 Å². The Bertz CT molecular complexity index is 155. The Balaban J connectivity index is 1.69. The van der Waals surface area contributed by atoms with Crippen molar-refractivity contribution in [3.63, 3.8) is 0 Å². The van der Waals surface area contributed by atoms with Crippen LogP contribution in [0.1, 0.15) is 64.7 Å². The molecule has 0 aromatic rings. The van der Waals surface area contributed by atoms with Gasteiger partial charge in [0.2, 0.25) is 0 Å². The van der Waals surface area contributed by atoms with Crippen LogP contribution in [0.25, 0.3) is 0 Å². The maximum absolute atomic E-state index is 5.36. The van der Waals surface area contributed by atoms with E-state index in [-0.39, 0.29) is 0 Å². The quantitative estimate of drug-likeness (QED) is 0.556. The first kappa shape index (κ1) is 15.0. The second-order valence-electron chi connectivity index (χ2n) is 5.41. The Morgan fingerprint density at radius 1 is 1.00 bits per heavy atom. The lowest BCUT2D eigenvalue weighted by molar-refractivity contribution is 0.185. The van der Waals surface area contributed by atoms with Crippen molar-refractivity contribution in [3.05, 3.63) is 0 Å². The van der Waals surface area contributed by atoms with Gasteiger partial charge in [-0.15, -0.1) is 0 Å². The normalized spacial score (nSPS) is 19.9. The van der Waals surface area contributed by atoms with E-state index in [4.69, 9.17) is 4.74 Å². The van der Waals surface area contributed by atoms with E-state index in [9.17, 15) is 0 Å². The highest BCUT2D eigenvalue weighted by Crippen LogP contribution is 2.11. The fourth-order valence-corrected chi connectivity index (χ4v) is 2.43. The summed E-state index contributed by atoms with van der Waals surface area (Å²) in [6.45, 7) is 6.59. The van der Waals surface area contributed by atoms with Crippen LogP contribution in [-0.2, 0) is 4.74 Å². The number of nitrogens with one attached hydrogen (secondary N) is 1. The Morgan fingerprint density at radius 3 is 2.35 bits per heavy atom. The van der Waals surface area contributed by atoms with E-state index < -0.39 is 0 Å². The van der Waals surface area contributed by atoms with Crippen LogP contribution < -0.4 is 5.32 Å². The van der Waals surface area contributed by atoms with Crippen molar-refractivity contribution in [2.75, 3.05) is 26.3 Å². The third-order valence-corrected chi connectivity index (χ3v) is 3.66. The van der Waals surface area contributed by atoms with E-state index in [0.717, 1.165) is 25.7 Å². The van der Waals surface area contributed by atoms with Crippen LogP contribution in [0.2, 0.25) is 0 Å². The van der Waals surface area contributed by atoms with E-state index >= 15 is 0 Å². The Kier molecular flexibility index (Phi) is 9.72. The van der Waals surface area contributed by atoms with E-state index in [1.54, 1.807) is 0 Å². The molecule has 1 saturated heterocycles. The first-order chi connectivity index (χ1) is 8.43. The zero-order chi connectivity index (χ0) is 12.2. The summed E-state index contributed by atoms with van der Waals surface area (Å²) in [6.07, 6.45) is 12.5. The van der Waals surface area contributed by atoms with Gasteiger partial charge in [0, 0.05) is 13.2 Å². The Labute approximate surface area is 108 Å². The number of unbranched alkanes of at least 4 members (excludes halogenated alkanes) is 7. The number of rotatable bonds is 11. The highest BCUT2D eigenvalue weighted by molar-refractivity contribution is 4.66. The summed E-state index contributed by atoms with van der Waals surface area (Å²) < 4.78 is 5.36. The van der Waals surface area contributed by atoms with Crippen molar-refractivity contribution < 1.29 is 4.74 Å². The monoisotopic (exact) mass is 241 g/mol. The summed E-state index contributed by atoms with van der Waals surface area (Å²) in [5, 5.41) is 3.56. The second-order valence-corrected chi connectivity index (χ2v) is 5.41. The average Bonchev–Trinajstić information content (AvgIpc) is 2.85. The maximum Gasteiger partial charge on any atom is 0.0507 e. The molecule has 1 fully saturated rings. The highest BCUT2D eigenvalue weighted by atomic mass is 16.5. The first-order valence-electron chi connectivity index (χ1n) is 7.72. The van der Waals surface area contributed by atoms with Crippen molar-refractivity contribution in [1.29, 1.82) is 0 Å². The van der Waals surface area contributed by atoms with Gasteiger partial charge in [-0.2, -0.15) is 0 Å². The fourth-order valence-electron chi connectivity index (χ4n) is 2.43. The molecule has 2 nitrogen and oxygen atoms in total. The predicted molar refractivity (Wildman–Crippen MR) is 74.4 cm³/mol. The van der Waals surface area contributed by atoms with Crippen molar-refractivity contribution >= 4 is 0 Å². The van der Waals surface area contributed by atoms with Crippen LogP contribution >= 0.6 is 0 Å². The van der Waals surface area contributed by atoms with Gasteiger partial charge in [0.15, 0.2) is 0 Å². The molecule has 0 spiro atoms. The molecule has 1 heterocycles. The van der Waals surface area contributed by atoms with Gasteiger partial charge < -0.3 is 10.1 Å². The molecule has 0 bridgehead atoms. The van der Waals surface area contributed by atoms with Crippen LogP contribution in [0, 0.1) is 5.92 Å². The minimum absolute atomic E-state index is 0.782. The standard InChI is InChI=1S/C15H31NO/c1-2-3-4-5-6-7-8-9-11-16-13-15-10-12-17-14-15/h15-16H,2-14H2,1H3. The molecule has 0 amide bonds. The van der Waals surface area contributed by atoms with E-state index in [1.165, 1.54) is 64.3 Å². The second kappa shape index (κ2) is 11.0. The van der Waals surface area contributed by atoms with Crippen LogP contribution in [0.15, 0.2) is 0 Å². The molecular formula is C15H31NO. The smallest absolute Gasteiger partial charge is 0.0507 e. The van der Waals surface area contributed by atoms with Crippen LogP contribution in [0.3, 0.4) is 0 Å². The molecule has 102 valence electrons. The third kappa shape index (κ3) is 8.62. The molecular weight excluding hydrogens is 210 g/mol. The maximum atomic E-state index is 5.36. The highest BCUT2D eigenvalue weighted by Gasteiger charge is 2.14. The summed E-state index contributed by atoms with van der Waals surface area (Å²) >= 11 is 0. The van der Waals surface area contributed by atoms with E-state index in [1.807, 2.05) is 0 Å². The molecule has 1 aliphatic rings. The van der Waals surface area contributed by atoms with Crippen LogP contribution in [0.4, 0.5) is 0 Å². The minimum atomic E-state index is 0.782. The van der Waals surface area contributed by atoms with Crippen molar-refractivity contribution in [2.45, 2.75) is 64.7 Å². The molecule has 1 unspecified atom stereocenters. The van der Waals surface area contributed by atoms with Crippen LogP contribution in [0.5, 0.6) is 0 Å². The molecule has 2 heteroatoms. The third-order valence-electron chi connectivity index (χ3n) is 3.66. The summed E-state index contributed by atoms with van der Waals surface area (Å²) in [5.74, 6) is 0.782. The molecule has 1 atom stereocenters. The topological polar surface area (TPSA) is 21.3 Å². The number of ether oxygens (including phenoxy) is 1. The number of hydrogen-bond donors (Lipinski definition) is 1. The van der Waals surface area contributed by atoms with E-state index in [0.29, 0.717) is 0 Å². The summed E-state index contributed by atoms with van der Waals surface area (Å²) in [4.78, 5) is 0. The van der Waals surface area contributed by atoms with Gasteiger partial charge >= 0.3 is 0 Å². The average molecular weight is 241 g/mol. The Morgan fingerprint density at radius 2 is 1.71 bits per heavy atom. The molecule has 0 aliphatic carbocycles. The molecule has 1 N–H and O–H groups in total. The van der Waals surface area contributed by atoms with Gasteiger partial charge in [-0.1, -0.05) is 51.9 Å². The summed E-state index contributed by atoms with van der Waals surface area (Å²) in [5.41, 5.74) is 0. The van der Waals surface area contributed by atoms with E-state index in [2.05, 4.69) is 12.2 Å². The number of hydrogen-bond acceptors (Lipinski definition) is 2. The van der Waals surface area contributed by atoms with Crippen molar-refractivity contribution in [2.24, 2.45) is 5.92 Å². The minimum Gasteiger partial charge on any atom is -0.381 e. The molecule has 1 aliphatic heterocycles. The fraction of sp³-hybridized carbons (Fsp3) is 1.00. The van der Waals surface area contributed by atoms with Gasteiger partial charge in [-0.05, 0) is 25.3 Å². The molecule has 0 saturated carbocycles. The Hall–Kier alpha value is -0.0800. The van der Waals surface area contributed by atoms with Gasteiger partial charge in [0.05, 0.1) is 6.61 Å². The predicted octanol–water partition coefficient (Wildman–Crippen LogP) is 3.75. The van der Waals surface area contributed by atoms with Crippen LogP contribution in [-0.4, -0.2) is 26.3 Å². The van der Waals surface area contributed by atoms with Gasteiger partial charge in [-0.25, -0.2) is 0 Å². The molecule has 1 rings (SSSR count). The SMILES string of the molecule is CCCCCCCCCCNCC1CCOC1. The lowest BCUT2D eigenvalue weighted by atomic mass is 10.1. The lowest BCUT2D eigenvalue weighted by Crippen LogP contribution is -2.23. The first-order valence-corrected chi connectivity index (χ1v) is 7.72. The lowest BCUT2D eigenvalue weighted by Gasteiger charge is -2.08. The summed E-state index contributed by atoms with van der Waals surface area (Å²) in [6, 6.07) is 0.